The lowest BCUT2D eigenvalue weighted by atomic mass is 9.92. The Kier molecular flexibility index (Phi) is 2.52. The van der Waals surface area contributed by atoms with Crippen molar-refractivity contribution in [2.24, 2.45) is 0 Å². The molecule has 2 heteroatoms. The van der Waals surface area contributed by atoms with Crippen LogP contribution in [0.2, 0.25) is 0 Å². The second-order valence-corrected chi connectivity index (χ2v) is 4.73. The summed E-state index contributed by atoms with van der Waals surface area (Å²) in [6.07, 6.45) is 0.992. The molecular formula is C15H17NO. The average Bonchev–Trinajstić information content (AvgIpc) is 2.70. The van der Waals surface area contributed by atoms with Crippen LogP contribution in [0.25, 0.3) is 0 Å². The Labute approximate surface area is 102 Å². The number of nitrogens with one attached hydrogen (secondary N) is 1. The van der Waals surface area contributed by atoms with Crippen molar-refractivity contribution in [3.8, 4) is 0 Å². The summed E-state index contributed by atoms with van der Waals surface area (Å²) >= 11 is 0. The summed E-state index contributed by atoms with van der Waals surface area (Å²) in [4.78, 5) is 0. The molecule has 0 saturated carbocycles. The van der Waals surface area contributed by atoms with E-state index in [-0.39, 0.29) is 6.04 Å². The molecule has 2 nitrogen and oxygen atoms in total. The first-order valence-electron chi connectivity index (χ1n) is 6.14. The first-order valence-corrected chi connectivity index (χ1v) is 6.14. The normalized spacial score (nSPS) is 19.1. The molecule has 0 spiro atoms. The predicted molar refractivity (Wildman–Crippen MR) is 68.2 cm³/mol. The van der Waals surface area contributed by atoms with Gasteiger partial charge in [-0.15, -0.1) is 0 Å². The topological polar surface area (TPSA) is 25.2 Å². The van der Waals surface area contributed by atoms with Crippen LogP contribution in [-0.2, 0) is 6.42 Å². The van der Waals surface area contributed by atoms with Gasteiger partial charge in [0.2, 0.25) is 0 Å². The first-order chi connectivity index (χ1) is 8.25. The van der Waals surface area contributed by atoms with Gasteiger partial charge in [0.05, 0.1) is 6.04 Å². The van der Waals surface area contributed by atoms with Crippen LogP contribution in [0.15, 0.2) is 34.7 Å². The minimum absolute atomic E-state index is 0.289. The summed E-state index contributed by atoms with van der Waals surface area (Å²) in [6, 6.07) is 11.0. The van der Waals surface area contributed by atoms with E-state index < -0.39 is 0 Å². The molecule has 3 rings (SSSR count). The average molecular weight is 227 g/mol. The number of rotatable bonds is 1. The Morgan fingerprint density at radius 3 is 2.82 bits per heavy atom. The molecular weight excluding hydrogens is 210 g/mol. The van der Waals surface area contributed by atoms with Gasteiger partial charge in [-0.1, -0.05) is 24.3 Å². The van der Waals surface area contributed by atoms with Crippen molar-refractivity contribution in [1.29, 1.82) is 0 Å². The highest BCUT2D eigenvalue weighted by atomic mass is 16.3. The van der Waals surface area contributed by atoms with Crippen molar-refractivity contribution < 1.29 is 4.42 Å². The quantitative estimate of drug-likeness (QED) is 0.809. The minimum Gasteiger partial charge on any atom is -0.466 e. The lowest BCUT2D eigenvalue weighted by Crippen LogP contribution is -2.30. The number of hydrogen-bond acceptors (Lipinski definition) is 2. The van der Waals surface area contributed by atoms with Crippen LogP contribution in [0.1, 0.15) is 34.3 Å². The highest BCUT2D eigenvalue weighted by Crippen LogP contribution is 2.32. The molecule has 2 heterocycles. The summed E-state index contributed by atoms with van der Waals surface area (Å²) in [6.45, 7) is 5.17. The highest BCUT2D eigenvalue weighted by molar-refractivity contribution is 5.40. The fourth-order valence-electron chi connectivity index (χ4n) is 2.65. The van der Waals surface area contributed by atoms with Crippen LogP contribution in [0.4, 0.5) is 0 Å². The van der Waals surface area contributed by atoms with Crippen LogP contribution in [-0.4, -0.2) is 6.54 Å². The van der Waals surface area contributed by atoms with Gasteiger partial charge in [-0.3, -0.25) is 0 Å². The van der Waals surface area contributed by atoms with Gasteiger partial charge in [-0.05, 0) is 31.0 Å². The van der Waals surface area contributed by atoms with Crippen molar-refractivity contribution in [3.63, 3.8) is 0 Å². The molecule has 0 bridgehead atoms. The van der Waals surface area contributed by atoms with E-state index in [1.807, 2.05) is 6.92 Å². The molecule has 1 atom stereocenters. The lowest BCUT2D eigenvalue weighted by molar-refractivity contribution is 0.441. The van der Waals surface area contributed by atoms with Gasteiger partial charge in [0.25, 0.3) is 0 Å². The van der Waals surface area contributed by atoms with E-state index in [1.54, 1.807) is 0 Å². The molecule has 1 aliphatic heterocycles. The molecule has 0 amide bonds. The zero-order valence-corrected chi connectivity index (χ0v) is 10.3. The highest BCUT2D eigenvalue weighted by Gasteiger charge is 2.25. The second-order valence-electron chi connectivity index (χ2n) is 4.73. The minimum atomic E-state index is 0.289. The Hall–Kier alpha value is -1.54. The van der Waals surface area contributed by atoms with E-state index in [1.165, 1.54) is 16.7 Å². The van der Waals surface area contributed by atoms with Crippen molar-refractivity contribution in [2.75, 3.05) is 6.54 Å². The third kappa shape index (κ3) is 1.79. The van der Waals surface area contributed by atoms with E-state index in [2.05, 4.69) is 42.6 Å². The van der Waals surface area contributed by atoms with Crippen molar-refractivity contribution >= 4 is 0 Å². The van der Waals surface area contributed by atoms with E-state index in [9.17, 15) is 0 Å². The van der Waals surface area contributed by atoms with Crippen LogP contribution in [0.5, 0.6) is 0 Å². The maximum atomic E-state index is 5.76. The molecule has 1 unspecified atom stereocenters. The Balaban J connectivity index is 2.09. The molecule has 1 N–H and O–H groups in total. The van der Waals surface area contributed by atoms with Crippen molar-refractivity contribution in [3.05, 3.63) is 58.5 Å². The molecule has 2 aromatic rings. The van der Waals surface area contributed by atoms with E-state index in [0.717, 1.165) is 24.5 Å². The number of furan rings is 1. The van der Waals surface area contributed by atoms with Crippen molar-refractivity contribution in [2.45, 2.75) is 26.3 Å². The molecule has 0 fully saturated rings. The van der Waals surface area contributed by atoms with E-state index in [0.29, 0.717) is 0 Å². The Morgan fingerprint density at radius 1 is 1.18 bits per heavy atom. The SMILES string of the molecule is Cc1cc2c(o1)CCNC2c1ccccc1C. The summed E-state index contributed by atoms with van der Waals surface area (Å²) in [5, 5.41) is 3.59. The summed E-state index contributed by atoms with van der Waals surface area (Å²) < 4.78 is 5.76. The van der Waals surface area contributed by atoms with Gasteiger partial charge in [0, 0.05) is 18.5 Å². The predicted octanol–water partition coefficient (Wildman–Crippen LogP) is 3.13. The number of hydrogen-bond donors (Lipinski definition) is 1. The maximum Gasteiger partial charge on any atom is 0.110 e. The van der Waals surface area contributed by atoms with Crippen molar-refractivity contribution in [1.82, 2.24) is 5.32 Å². The second kappa shape index (κ2) is 4.04. The van der Waals surface area contributed by atoms with Crippen LogP contribution >= 0.6 is 0 Å². The number of fused-ring (bicyclic) bond motifs is 1. The molecule has 88 valence electrons. The molecule has 1 aromatic carbocycles. The third-order valence-electron chi connectivity index (χ3n) is 3.48. The van der Waals surface area contributed by atoms with Gasteiger partial charge in [-0.25, -0.2) is 0 Å². The fraction of sp³-hybridized carbons (Fsp3) is 0.333. The fourth-order valence-corrected chi connectivity index (χ4v) is 2.65. The van der Waals surface area contributed by atoms with E-state index in [4.69, 9.17) is 4.42 Å². The molecule has 0 radical (unpaired) electrons. The van der Waals surface area contributed by atoms with Crippen LogP contribution < -0.4 is 5.32 Å². The Morgan fingerprint density at radius 2 is 2.00 bits per heavy atom. The van der Waals surface area contributed by atoms with Gasteiger partial charge in [-0.2, -0.15) is 0 Å². The zero-order chi connectivity index (χ0) is 11.8. The lowest BCUT2D eigenvalue weighted by Gasteiger charge is -2.25. The first kappa shape index (κ1) is 10.6. The Bertz CT molecular complexity index is 542. The summed E-state index contributed by atoms with van der Waals surface area (Å²) in [5.74, 6) is 2.16. The molecule has 0 aliphatic carbocycles. The third-order valence-corrected chi connectivity index (χ3v) is 3.48. The van der Waals surface area contributed by atoms with Gasteiger partial charge < -0.3 is 9.73 Å². The zero-order valence-electron chi connectivity index (χ0n) is 10.3. The van der Waals surface area contributed by atoms with Crippen LogP contribution in [0, 0.1) is 13.8 Å². The van der Waals surface area contributed by atoms with Gasteiger partial charge in [0.15, 0.2) is 0 Å². The van der Waals surface area contributed by atoms with Crippen LogP contribution in [0.3, 0.4) is 0 Å². The molecule has 1 aromatic heterocycles. The number of benzene rings is 1. The molecule has 0 saturated heterocycles. The van der Waals surface area contributed by atoms with Gasteiger partial charge >= 0.3 is 0 Å². The molecule has 17 heavy (non-hydrogen) atoms. The summed E-state index contributed by atoms with van der Waals surface area (Å²) in [7, 11) is 0. The van der Waals surface area contributed by atoms with Gasteiger partial charge in [0.1, 0.15) is 11.5 Å². The largest absolute Gasteiger partial charge is 0.466 e. The molecule has 1 aliphatic rings. The monoisotopic (exact) mass is 227 g/mol. The number of aryl methyl sites for hydroxylation is 2. The summed E-state index contributed by atoms with van der Waals surface area (Å²) in [5.41, 5.74) is 3.99. The smallest absolute Gasteiger partial charge is 0.110 e. The standard InChI is InChI=1S/C15H17NO/c1-10-5-3-4-6-12(10)15-13-9-11(2)17-14(13)7-8-16-15/h3-6,9,15-16H,7-8H2,1-2H3. The maximum absolute atomic E-state index is 5.76. The van der Waals surface area contributed by atoms with E-state index >= 15 is 0 Å².